The van der Waals surface area contributed by atoms with Gasteiger partial charge in [0.15, 0.2) is 0 Å². The minimum absolute atomic E-state index is 0.102. The fraction of sp³-hybridized carbons (Fsp3) is 0.0667. The molecular formula is C15H11ClFNS. The van der Waals surface area contributed by atoms with Gasteiger partial charge >= 0.3 is 0 Å². The minimum atomic E-state index is -0.436. The van der Waals surface area contributed by atoms with E-state index in [1.54, 1.807) is 23.5 Å². The first kappa shape index (κ1) is 12.6. The molecule has 1 unspecified atom stereocenters. The van der Waals surface area contributed by atoms with Crippen molar-refractivity contribution in [2.75, 3.05) is 0 Å². The fourth-order valence-electron chi connectivity index (χ4n) is 2.17. The molecule has 0 amide bonds. The van der Waals surface area contributed by atoms with Crippen molar-refractivity contribution in [1.82, 2.24) is 0 Å². The maximum absolute atomic E-state index is 13.5. The first-order valence-corrected chi connectivity index (χ1v) is 7.10. The number of rotatable bonds is 2. The van der Waals surface area contributed by atoms with Crippen molar-refractivity contribution in [3.8, 4) is 0 Å². The van der Waals surface area contributed by atoms with Crippen LogP contribution in [0, 0.1) is 5.82 Å². The molecule has 1 atom stereocenters. The second kappa shape index (κ2) is 4.93. The lowest BCUT2D eigenvalue weighted by Gasteiger charge is -2.13. The molecule has 0 saturated carbocycles. The zero-order valence-electron chi connectivity index (χ0n) is 9.94. The largest absolute Gasteiger partial charge is 0.320 e. The zero-order valence-corrected chi connectivity index (χ0v) is 11.5. The molecule has 3 rings (SSSR count). The summed E-state index contributed by atoms with van der Waals surface area (Å²) in [5.74, 6) is -0.436. The van der Waals surface area contributed by atoms with Gasteiger partial charge < -0.3 is 5.73 Å². The molecule has 0 aliphatic carbocycles. The molecule has 0 bridgehead atoms. The summed E-state index contributed by atoms with van der Waals surface area (Å²) in [6.45, 7) is 0. The molecule has 96 valence electrons. The Labute approximate surface area is 119 Å². The smallest absolute Gasteiger partial charge is 0.142 e. The lowest BCUT2D eigenvalue weighted by atomic mass is 9.99. The summed E-state index contributed by atoms with van der Waals surface area (Å²) < 4.78 is 14.7. The second-order valence-corrected chi connectivity index (χ2v) is 5.60. The molecule has 1 nitrogen and oxygen atoms in total. The van der Waals surface area contributed by atoms with Gasteiger partial charge in [0, 0.05) is 4.70 Å². The molecule has 19 heavy (non-hydrogen) atoms. The summed E-state index contributed by atoms with van der Waals surface area (Å²) in [5, 5.41) is 3.21. The van der Waals surface area contributed by atoms with Gasteiger partial charge in [-0.2, -0.15) is 0 Å². The molecule has 2 aromatic carbocycles. The number of hydrogen-bond acceptors (Lipinski definition) is 2. The summed E-state index contributed by atoms with van der Waals surface area (Å²) in [7, 11) is 0. The van der Waals surface area contributed by atoms with E-state index in [1.165, 1.54) is 10.8 Å². The van der Waals surface area contributed by atoms with Crippen LogP contribution in [0.25, 0.3) is 10.1 Å². The predicted molar refractivity (Wildman–Crippen MR) is 79.3 cm³/mol. The Kier molecular flexibility index (Phi) is 3.27. The molecule has 4 heteroatoms. The van der Waals surface area contributed by atoms with Crippen LogP contribution >= 0.6 is 22.9 Å². The average molecular weight is 292 g/mol. The fourth-order valence-corrected chi connectivity index (χ4v) is 3.41. The van der Waals surface area contributed by atoms with Crippen LogP contribution in [0.15, 0.2) is 47.8 Å². The maximum atomic E-state index is 13.5. The van der Waals surface area contributed by atoms with E-state index in [9.17, 15) is 4.39 Å². The number of fused-ring (bicyclic) bond motifs is 1. The molecule has 1 heterocycles. The number of benzene rings is 2. The van der Waals surface area contributed by atoms with Gasteiger partial charge in [-0.1, -0.05) is 41.9 Å². The molecule has 3 aromatic rings. The van der Waals surface area contributed by atoms with Crippen molar-refractivity contribution in [1.29, 1.82) is 0 Å². The molecule has 0 spiro atoms. The molecule has 0 aliphatic rings. The highest BCUT2D eigenvalue weighted by Crippen LogP contribution is 2.35. The van der Waals surface area contributed by atoms with Gasteiger partial charge in [-0.25, -0.2) is 4.39 Å². The SMILES string of the molecule is NC(c1cccc(F)c1Cl)c1csc2ccccc12. The topological polar surface area (TPSA) is 26.0 Å². The molecule has 2 N–H and O–H groups in total. The molecule has 0 saturated heterocycles. The highest BCUT2D eigenvalue weighted by molar-refractivity contribution is 7.17. The predicted octanol–water partition coefficient (Wildman–Crippen LogP) is 4.74. The number of thiophene rings is 1. The Bertz CT molecular complexity index is 738. The van der Waals surface area contributed by atoms with E-state index < -0.39 is 11.9 Å². The highest BCUT2D eigenvalue weighted by Gasteiger charge is 2.17. The van der Waals surface area contributed by atoms with Gasteiger partial charge in [0.1, 0.15) is 5.82 Å². The Balaban J connectivity index is 2.13. The minimum Gasteiger partial charge on any atom is -0.320 e. The van der Waals surface area contributed by atoms with Gasteiger partial charge in [-0.05, 0) is 34.0 Å². The van der Waals surface area contributed by atoms with E-state index in [2.05, 4.69) is 0 Å². The van der Waals surface area contributed by atoms with Crippen LogP contribution in [-0.2, 0) is 0 Å². The summed E-state index contributed by atoms with van der Waals surface area (Å²) in [6.07, 6.45) is 0. The zero-order chi connectivity index (χ0) is 13.4. The van der Waals surface area contributed by atoms with Gasteiger partial charge in [0.05, 0.1) is 11.1 Å². The first-order chi connectivity index (χ1) is 9.18. The molecule has 0 aliphatic heterocycles. The van der Waals surface area contributed by atoms with Crippen LogP contribution in [0.1, 0.15) is 17.2 Å². The first-order valence-electron chi connectivity index (χ1n) is 5.84. The second-order valence-electron chi connectivity index (χ2n) is 4.31. The Morgan fingerprint density at radius 2 is 1.84 bits per heavy atom. The van der Waals surface area contributed by atoms with Crippen molar-refractivity contribution < 1.29 is 4.39 Å². The van der Waals surface area contributed by atoms with Crippen LogP contribution in [0.3, 0.4) is 0 Å². The lowest BCUT2D eigenvalue weighted by Crippen LogP contribution is -2.12. The lowest BCUT2D eigenvalue weighted by molar-refractivity contribution is 0.624. The van der Waals surface area contributed by atoms with Gasteiger partial charge in [0.2, 0.25) is 0 Å². The summed E-state index contributed by atoms with van der Waals surface area (Å²) in [6, 6.07) is 12.3. The normalized spacial score (nSPS) is 12.8. The van der Waals surface area contributed by atoms with Crippen molar-refractivity contribution in [2.24, 2.45) is 5.73 Å². The van der Waals surface area contributed by atoms with E-state index in [4.69, 9.17) is 17.3 Å². The number of hydrogen-bond donors (Lipinski definition) is 1. The molecule has 0 radical (unpaired) electrons. The average Bonchev–Trinajstić information content (AvgIpc) is 2.85. The molecule has 0 fully saturated rings. The van der Waals surface area contributed by atoms with Crippen molar-refractivity contribution >= 4 is 33.0 Å². The summed E-state index contributed by atoms with van der Waals surface area (Å²) >= 11 is 7.63. The van der Waals surface area contributed by atoms with E-state index in [1.807, 2.05) is 29.6 Å². The van der Waals surface area contributed by atoms with Crippen molar-refractivity contribution in [3.05, 3.63) is 69.8 Å². The van der Waals surface area contributed by atoms with Gasteiger partial charge in [0.25, 0.3) is 0 Å². The van der Waals surface area contributed by atoms with Crippen molar-refractivity contribution in [3.63, 3.8) is 0 Å². The Morgan fingerprint density at radius 1 is 1.05 bits per heavy atom. The van der Waals surface area contributed by atoms with Crippen LogP contribution in [-0.4, -0.2) is 0 Å². The van der Waals surface area contributed by atoms with Gasteiger partial charge in [-0.15, -0.1) is 11.3 Å². The standard InChI is InChI=1S/C15H11ClFNS/c16-14-10(5-3-6-12(14)17)15(18)11-8-19-13-7-2-1-4-9(11)13/h1-8,15H,18H2. The Hall–Kier alpha value is -1.42. The van der Waals surface area contributed by atoms with E-state index in [0.717, 1.165) is 10.9 Å². The van der Waals surface area contributed by atoms with E-state index in [0.29, 0.717) is 5.56 Å². The molecular weight excluding hydrogens is 281 g/mol. The molecule has 1 aromatic heterocycles. The van der Waals surface area contributed by atoms with Gasteiger partial charge in [-0.3, -0.25) is 0 Å². The quantitative estimate of drug-likeness (QED) is 0.725. The number of halogens is 2. The van der Waals surface area contributed by atoms with E-state index >= 15 is 0 Å². The third kappa shape index (κ3) is 2.14. The number of nitrogens with two attached hydrogens (primary N) is 1. The van der Waals surface area contributed by atoms with E-state index in [-0.39, 0.29) is 5.02 Å². The third-order valence-electron chi connectivity index (χ3n) is 3.16. The van der Waals surface area contributed by atoms with Crippen LogP contribution in [0.4, 0.5) is 4.39 Å². The van der Waals surface area contributed by atoms with Crippen LogP contribution in [0.2, 0.25) is 5.02 Å². The summed E-state index contributed by atoms with van der Waals surface area (Å²) in [4.78, 5) is 0. The van der Waals surface area contributed by atoms with Crippen molar-refractivity contribution in [2.45, 2.75) is 6.04 Å². The summed E-state index contributed by atoms with van der Waals surface area (Å²) in [5.41, 5.74) is 7.85. The third-order valence-corrected chi connectivity index (χ3v) is 4.54. The van der Waals surface area contributed by atoms with Crippen LogP contribution < -0.4 is 5.73 Å². The monoisotopic (exact) mass is 291 g/mol. The maximum Gasteiger partial charge on any atom is 0.142 e. The van der Waals surface area contributed by atoms with Crippen LogP contribution in [0.5, 0.6) is 0 Å². The highest BCUT2D eigenvalue weighted by atomic mass is 35.5. The Morgan fingerprint density at radius 3 is 2.68 bits per heavy atom.